The summed E-state index contributed by atoms with van der Waals surface area (Å²) in [5.74, 6) is 0.624. The smallest absolute Gasteiger partial charge is 0.237 e. The Morgan fingerprint density at radius 3 is 2.89 bits per heavy atom. The lowest BCUT2D eigenvalue weighted by atomic mass is 10.1. The highest BCUT2D eigenvalue weighted by Crippen LogP contribution is 2.26. The molecular weight excluding hydrogens is 260 g/mol. The van der Waals surface area contributed by atoms with E-state index in [1.165, 1.54) is 0 Å². The van der Waals surface area contributed by atoms with Crippen LogP contribution in [0.15, 0.2) is 42.6 Å². The molecule has 1 aromatic heterocycles. The van der Waals surface area contributed by atoms with Crippen molar-refractivity contribution in [2.24, 2.45) is 0 Å². The van der Waals surface area contributed by atoms with Crippen molar-refractivity contribution in [1.82, 2.24) is 4.98 Å². The molecule has 0 aliphatic carbocycles. The van der Waals surface area contributed by atoms with Gasteiger partial charge in [0, 0.05) is 17.3 Å². The Kier molecular flexibility index (Phi) is 4.63. The minimum atomic E-state index is 0.127. The Hall–Kier alpha value is -1.74. The maximum absolute atomic E-state index is 6.01. The molecule has 0 radical (unpaired) electrons. The van der Waals surface area contributed by atoms with E-state index in [4.69, 9.17) is 16.3 Å². The first-order valence-electron chi connectivity index (χ1n) is 6.30. The van der Waals surface area contributed by atoms with Crippen LogP contribution in [0.2, 0.25) is 5.02 Å². The highest BCUT2D eigenvalue weighted by Gasteiger charge is 2.09. The first kappa shape index (κ1) is 13.7. The number of nitrogens with one attached hydrogen (secondary N) is 1. The molecule has 1 N–H and O–H groups in total. The van der Waals surface area contributed by atoms with Gasteiger partial charge in [-0.3, -0.25) is 0 Å². The van der Waals surface area contributed by atoms with Crippen LogP contribution in [0.1, 0.15) is 25.5 Å². The van der Waals surface area contributed by atoms with E-state index in [9.17, 15) is 0 Å². The number of pyridine rings is 1. The van der Waals surface area contributed by atoms with E-state index in [2.05, 4.69) is 17.2 Å². The quantitative estimate of drug-likeness (QED) is 0.884. The van der Waals surface area contributed by atoms with Crippen LogP contribution in [-0.2, 0) is 0 Å². The van der Waals surface area contributed by atoms with Crippen LogP contribution in [-0.4, -0.2) is 11.6 Å². The van der Waals surface area contributed by atoms with Gasteiger partial charge in [-0.2, -0.15) is 0 Å². The van der Waals surface area contributed by atoms with Gasteiger partial charge in [-0.1, -0.05) is 23.7 Å². The molecule has 0 saturated heterocycles. The third-order valence-electron chi connectivity index (χ3n) is 2.77. The van der Waals surface area contributed by atoms with Crippen molar-refractivity contribution in [3.8, 4) is 5.88 Å². The maximum Gasteiger partial charge on any atom is 0.237 e. The summed E-state index contributed by atoms with van der Waals surface area (Å²) in [6.45, 7) is 4.62. The average Bonchev–Trinajstić information content (AvgIpc) is 2.41. The largest absolute Gasteiger partial charge is 0.476 e. The summed E-state index contributed by atoms with van der Waals surface area (Å²) >= 11 is 6.01. The van der Waals surface area contributed by atoms with Crippen LogP contribution in [0.5, 0.6) is 5.88 Å². The molecule has 2 aromatic rings. The molecule has 0 saturated carbocycles. The molecule has 0 bridgehead atoms. The maximum atomic E-state index is 6.01. The Morgan fingerprint density at radius 2 is 2.16 bits per heavy atom. The van der Waals surface area contributed by atoms with E-state index in [1.807, 2.05) is 43.3 Å². The fourth-order valence-corrected chi connectivity index (χ4v) is 2.04. The summed E-state index contributed by atoms with van der Waals surface area (Å²) in [5.41, 5.74) is 2.01. The molecular formula is C15H17ClN2O. The predicted molar refractivity (Wildman–Crippen MR) is 78.9 cm³/mol. The van der Waals surface area contributed by atoms with Crippen LogP contribution in [0, 0.1) is 0 Å². The van der Waals surface area contributed by atoms with Gasteiger partial charge in [-0.05, 0) is 43.7 Å². The van der Waals surface area contributed by atoms with Crippen molar-refractivity contribution in [3.05, 3.63) is 53.2 Å². The second-order valence-corrected chi connectivity index (χ2v) is 4.65. The van der Waals surface area contributed by atoms with Crippen molar-refractivity contribution in [1.29, 1.82) is 0 Å². The number of hydrogen-bond acceptors (Lipinski definition) is 3. The number of aromatic nitrogens is 1. The second-order valence-electron chi connectivity index (χ2n) is 4.21. The Bertz CT molecular complexity index is 545. The van der Waals surface area contributed by atoms with Gasteiger partial charge < -0.3 is 10.1 Å². The summed E-state index contributed by atoms with van der Waals surface area (Å²) in [5, 5.41) is 4.13. The van der Waals surface area contributed by atoms with Gasteiger partial charge in [-0.15, -0.1) is 0 Å². The van der Waals surface area contributed by atoms with E-state index in [-0.39, 0.29) is 6.04 Å². The standard InChI is InChI=1S/C15H17ClN2O/c1-3-19-15-14(8-5-9-17-15)18-11(2)12-6-4-7-13(16)10-12/h4-11,18H,3H2,1-2H3. The van der Waals surface area contributed by atoms with E-state index in [0.717, 1.165) is 16.3 Å². The molecule has 0 amide bonds. The van der Waals surface area contributed by atoms with Gasteiger partial charge in [0.05, 0.1) is 12.3 Å². The number of halogens is 1. The van der Waals surface area contributed by atoms with Crippen LogP contribution >= 0.6 is 11.6 Å². The fraction of sp³-hybridized carbons (Fsp3) is 0.267. The van der Waals surface area contributed by atoms with Crippen molar-refractivity contribution in [2.45, 2.75) is 19.9 Å². The van der Waals surface area contributed by atoms with Gasteiger partial charge in [-0.25, -0.2) is 4.98 Å². The summed E-state index contributed by atoms with van der Waals surface area (Å²) in [7, 11) is 0. The molecule has 19 heavy (non-hydrogen) atoms. The lowest BCUT2D eigenvalue weighted by molar-refractivity contribution is 0.328. The molecule has 0 fully saturated rings. The van der Waals surface area contributed by atoms with Crippen molar-refractivity contribution < 1.29 is 4.74 Å². The molecule has 4 heteroatoms. The van der Waals surface area contributed by atoms with Gasteiger partial charge in [0.15, 0.2) is 0 Å². The number of nitrogens with zero attached hydrogens (tertiary/aromatic N) is 1. The number of hydrogen-bond donors (Lipinski definition) is 1. The van der Waals surface area contributed by atoms with Crippen LogP contribution in [0.3, 0.4) is 0 Å². The summed E-state index contributed by atoms with van der Waals surface area (Å²) in [4.78, 5) is 4.22. The van der Waals surface area contributed by atoms with Gasteiger partial charge in [0.25, 0.3) is 0 Å². The third-order valence-corrected chi connectivity index (χ3v) is 3.01. The minimum absolute atomic E-state index is 0.127. The zero-order valence-electron chi connectivity index (χ0n) is 11.1. The normalized spacial score (nSPS) is 11.9. The lowest BCUT2D eigenvalue weighted by Crippen LogP contribution is -2.08. The molecule has 3 nitrogen and oxygen atoms in total. The first-order chi connectivity index (χ1) is 9.20. The van der Waals surface area contributed by atoms with E-state index in [0.29, 0.717) is 12.5 Å². The highest BCUT2D eigenvalue weighted by atomic mass is 35.5. The summed E-state index contributed by atoms with van der Waals surface area (Å²) in [6, 6.07) is 11.8. The SMILES string of the molecule is CCOc1ncccc1NC(C)c1cccc(Cl)c1. The number of ether oxygens (including phenoxy) is 1. The topological polar surface area (TPSA) is 34.1 Å². The summed E-state index contributed by atoms with van der Waals surface area (Å²) in [6.07, 6.45) is 1.72. The highest BCUT2D eigenvalue weighted by molar-refractivity contribution is 6.30. The molecule has 0 aliphatic rings. The average molecular weight is 277 g/mol. The molecule has 1 atom stereocenters. The van der Waals surface area contributed by atoms with Crippen molar-refractivity contribution in [2.75, 3.05) is 11.9 Å². The zero-order chi connectivity index (χ0) is 13.7. The van der Waals surface area contributed by atoms with Gasteiger partial charge in [0.1, 0.15) is 0 Å². The van der Waals surface area contributed by atoms with E-state index in [1.54, 1.807) is 6.20 Å². The molecule has 100 valence electrons. The lowest BCUT2D eigenvalue weighted by Gasteiger charge is -2.17. The molecule has 1 heterocycles. The van der Waals surface area contributed by atoms with E-state index < -0.39 is 0 Å². The number of anilines is 1. The van der Waals surface area contributed by atoms with E-state index >= 15 is 0 Å². The second kappa shape index (κ2) is 6.43. The minimum Gasteiger partial charge on any atom is -0.476 e. The fourth-order valence-electron chi connectivity index (χ4n) is 1.84. The van der Waals surface area contributed by atoms with Crippen molar-refractivity contribution >= 4 is 17.3 Å². The number of benzene rings is 1. The Morgan fingerprint density at radius 1 is 1.32 bits per heavy atom. The molecule has 1 aromatic carbocycles. The van der Waals surface area contributed by atoms with Crippen LogP contribution in [0.4, 0.5) is 5.69 Å². The number of rotatable bonds is 5. The molecule has 2 rings (SSSR count). The zero-order valence-corrected chi connectivity index (χ0v) is 11.8. The molecule has 0 spiro atoms. The predicted octanol–water partition coefficient (Wildman–Crippen LogP) is 4.31. The Labute approximate surface area is 118 Å². The van der Waals surface area contributed by atoms with Gasteiger partial charge in [0.2, 0.25) is 5.88 Å². The monoisotopic (exact) mass is 276 g/mol. The first-order valence-corrected chi connectivity index (χ1v) is 6.68. The summed E-state index contributed by atoms with van der Waals surface area (Å²) < 4.78 is 5.50. The van der Waals surface area contributed by atoms with Crippen molar-refractivity contribution in [3.63, 3.8) is 0 Å². The molecule has 1 unspecified atom stereocenters. The molecule has 0 aliphatic heterocycles. The van der Waals surface area contributed by atoms with Gasteiger partial charge >= 0.3 is 0 Å². The van der Waals surface area contributed by atoms with Crippen LogP contribution < -0.4 is 10.1 Å². The van der Waals surface area contributed by atoms with Crippen LogP contribution in [0.25, 0.3) is 0 Å². The third kappa shape index (κ3) is 3.61. The Balaban J connectivity index is 2.16.